The van der Waals surface area contributed by atoms with Crippen LogP contribution in [-0.4, -0.2) is 47.6 Å². The van der Waals surface area contributed by atoms with Crippen molar-refractivity contribution in [3.05, 3.63) is 28.8 Å². The summed E-state index contributed by atoms with van der Waals surface area (Å²) in [6.07, 6.45) is 0. The van der Waals surface area contributed by atoms with E-state index in [9.17, 15) is 5.11 Å². The Morgan fingerprint density at radius 1 is 1.32 bits per heavy atom. The minimum absolute atomic E-state index is 0.314. The van der Waals surface area contributed by atoms with E-state index in [2.05, 4.69) is 23.8 Å². The summed E-state index contributed by atoms with van der Waals surface area (Å²) >= 11 is 5.88. The van der Waals surface area contributed by atoms with Gasteiger partial charge in [-0.3, -0.25) is 4.90 Å². The van der Waals surface area contributed by atoms with Crippen molar-refractivity contribution in [3.8, 4) is 5.75 Å². The molecular weight excluding hydrogens is 260 g/mol. The molecule has 0 amide bonds. The Bertz CT molecular complexity index is 479. The maximum atomic E-state index is 9.96. The third-order valence-corrected chi connectivity index (χ3v) is 4.99. The SMILES string of the molecule is C[C@H]1[C@@H]2CN(C)C[C@@H]2CN1Cc1ccc(Cl)cc1O. The number of hydrogen-bond donors (Lipinski definition) is 1. The maximum Gasteiger partial charge on any atom is 0.121 e. The first-order valence-corrected chi connectivity index (χ1v) is 7.32. The molecule has 104 valence electrons. The van der Waals surface area contributed by atoms with Gasteiger partial charge in [-0.25, -0.2) is 0 Å². The second-order valence-corrected chi connectivity index (χ2v) is 6.52. The van der Waals surface area contributed by atoms with Crippen molar-refractivity contribution in [1.82, 2.24) is 9.80 Å². The van der Waals surface area contributed by atoms with Crippen LogP contribution in [0.4, 0.5) is 0 Å². The zero-order valence-electron chi connectivity index (χ0n) is 11.5. The smallest absolute Gasteiger partial charge is 0.121 e. The highest BCUT2D eigenvalue weighted by Crippen LogP contribution is 2.37. The molecule has 2 saturated heterocycles. The third kappa shape index (κ3) is 2.47. The van der Waals surface area contributed by atoms with Gasteiger partial charge in [-0.2, -0.15) is 0 Å². The van der Waals surface area contributed by atoms with Gasteiger partial charge >= 0.3 is 0 Å². The van der Waals surface area contributed by atoms with E-state index >= 15 is 0 Å². The standard InChI is InChI=1S/C15H21ClN2O/c1-10-14-9-17(2)6-12(14)8-18(10)7-11-3-4-13(16)5-15(11)19/h3-5,10,12,14,19H,6-9H2,1-2H3/t10-,12+,14-/m0/s1. The summed E-state index contributed by atoms with van der Waals surface area (Å²) in [4.78, 5) is 4.92. The average Bonchev–Trinajstić information content (AvgIpc) is 2.83. The lowest BCUT2D eigenvalue weighted by molar-refractivity contribution is 0.208. The molecule has 1 aromatic rings. The highest BCUT2D eigenvalue weighted by atomic mass is 35.5. The zero-order chi connectivity index (χ0) is 13.6. The number of likely N-dealkylation sites (tertiary alicyclic amines) is 2. The molecule has 1 N–H and O–H groups in total. The summed E-state index contributed by atoms with van der Waals surface area (Å²) in [5, 5.41) is 10.6. The van der Waals surface area contributed by atoms with E-state index in [1.807, 2.05) is 12.1 Å². The van der Waals surface area contributed by atoms with Crippen molar-refractivity contribution in [2.75, 3.05) is 26.7 Å². The number of rotatable bonds is 2. The number of phenols is 1. The molecule has 0 spiro atoms. The number of aromatic hydroxyl groups is 1. The van der Waals surface area contributed by atoms with Gasteiger partial charge in [0.25, 0.3) is 0 Å². The lowest BCUT2D eigenvalue weighted by Crippen LogP contribution is -2.33. The fraction of sp³-hybridized carbons (Fsp3) is 0.600. The zero-order valence-corrected chi connectivity index (χ0v) is 12.3. The number of benzene rings is 1. The Morgan fingerprint density at radius 3 is 2.79 bits per heavy atom. The molecule has 4 heteroatoms. The Hall–Kier alpha value is -0.770. The van der Waals surface area contributed by atoms with Crippen LogP contribution < -0.4 is 0 Å². The molecule has 3 nitrogen and oxygen atoms in total. The van der Waals surface area contributed by atoms with Crippen LogP contribution in [0.3, 0.4) is 0 Å². The molecule has 2 aliphatic heterocycles. The van der Waals surface area contributed by atoms with Crippen molar-refractivity contribution in [2.45, 2.75) is 19.5 Å². The van der Waals surface area contributed by atoms with Crippen LogP contribution in [-0.2, 0) is 6.54 Å². The molecule has 2 fully saturated rings. The number of halogens is 1. The van der Waals surface area contributed by atoms with E-state index in [0.717, 1.165) is 30.5 Å². The van der Waals surface area contributed by atoms with Gasteiger partial charge < -0.3 is 10.0 Å². The Morgan fingerprint density at radius 2 is 2.11 bits per heavy atom. The summed E-state index contributed by atoms with van der Waals surface area (Å²) < 4.78 is 0. The molecule has 0 saturated carbocycles. The predicted octanol–water partition coefficient (Wildman–Crippen LogP) is 2.43. The molecule has 0 unspecified atom stereocenters. The van der Waals surface area contributed by atoms with Crippen molar-refractivity contribution < 1.29 is 5.11 Å². The molecule has 2 aliphatic rings. The quantitative estimate of drug-likeness (QED) is 0.901. The highest BCUT2D eigenvalue weighted by Gasteiger charge is 2.43. The van der Waals surface area contributed by atoms with E-state index in [1.54, 1.807) is 6.07 Å². The normalized spacial score (nSPS) is 31.8. The van der Waals surface area contributed by atoms with E-state index < -0.39 is 0 Å². The van der Waals surface area contributed by atoms with Crippen molar-refractivity contribution in [3.63, 3.8) is 0 Å². The molecule has 1 aromatic carbocycles. The van der Waals surface area contributed by atoms with E-state index in [0.29, 0.717) is 16.8 Å². The maximum absolute atomic E-state index is 9.96. The van der Waals surface area contributed by atoms with Gasteiger partial charge in [0.05, 0.1) is 0 Å². The number of phenolic OH excluding ortho intramolecular Hbond substituents is 1. The van der Waals surface area contributed by atoms with E-state index in [1.165, 1.54) is 13.1 Å². The molecule has 3 rings (SSSR count). The molecular formula is C15H21ClN2O. The topological polar surface area (TPSA) is 26.7 Å². The second kappa shape index (κ2) is 4.97. The summed E-state index contributed by atoms with van der Waals surface area (Å²) in [5.74, 6) is 1.88. The molecule has 19 heavy (non-hydrogen) atoms. The fourth-order valence-electron chi connectivity index (χ4n) is 3.70. The van der Waals surface area contributed by atoms with Gasteiger partial charge in [-0.05, 0) is 37.9 Å². The van der Waals surface area contributed by atoms with Crippen molar-refractivity contribution >= 4 is 11.6 Å². The summed E-state index contributed by atoms with van der Waals surface area (Å²) in [6.45, 7) is 6.68. The first-order chi connectivity index (χ1) is 9.04. The van der Waals surface area contributed by atoms with Crippen molar-refractivity contribution in [1.29, 1.82) is 0 Å². The molecule has 0 bridgehead atoms. The van der Waals surface area contributed by atoms with Gasteiger partial charge in [0, 0.05) is 42.8 Å². The number of hydrogen-bond acceptors (Lipinski definition) is 3. The highest BCUT2D eigenvalue weighted by molar-refractivity contribution is 6.30. The fourth-order valence-corrected chi connectivity index (χ4v) is 3.86. The first-order valence-electron chi connectivity index (χ1n) is 6.94. The van der Waals surface area contributed by atoms with E-state index in [-0.39, 0.29) is 0 Å². The van der Waals surface area contributed by atoms with Crippen LogP contribution in [0.15, 0.2) is 18.2 Å². The summed E-state index contributed by atoms with van der Waals surface area (Å²) in [7, 11) is 2.21. The predicted molar refractivity (Wildman–Crippen MR) is 77.5 cm³/mol. The first kappa shape index (κ1) is 13.2. The monoisotopic (exact) mass is 280 g/mol. The van der Waals surface area contributed by atoms with Gasteiger partial charge in [0.1, 0.15) is 5.75 Å². The molecule has 0 radical (unpaired) electrons. The molecule has 0 aromatic heterocycles. The van der Waals surface area contributed by atoms with Crippen LogP contribution in [0.25, 0.3) is 0 Å². The van der Waals surface area contributed by atoms with Crippen LogP contribution >= 0.6 is 11.6 Å². The Balaban J connectivity index is 1.71. The van der Waals surface area contributed by atoms with Gasteiger partial charge in [0.2, 0.25) is 0 Å². The minimum atomic E-state index is 0.314. The lowest BCUT2D eigenvalue weighted by Gasteiger charge is -2.25. The lowest BCUT2D eigenvalue weighted by atomic mass is 9.95. The molecule has 3 atom stereocenters. The molecule has 2 heterocycles. The summed E-state index contributed by atoms with van der Waals surface area (Å²) in [5.41, 5.74) is 0.976. The Kier molecular flexibility index (Phi) is 3.46. The van der Waals surface area contributed by atoms with Crippen LogP contribution in [0.2, 0.25) is 5.02 Å². The molecule has 0 aliphatic carbocycles. The van der Waals surface area contributed by atoms with E-state index in [4.69, 9.17) is 11.6 Å². The third-order valence-electron chi connectivity index (χ3n) is 4.76. The minimum Gasteiger partial charge on any atom is -0.508 e. The largest absolute Gasteiger partial charge is 0.508 e. The van der Waals surface area contributed by atoms with Crippen LogP contribution in [0, 0.1) is 11.8 Å². The van der Waals surface area contributed by atoms with Gasteiger partial charge in [-0.15, -0.1) is 0 Å². The Labute approximate surface area is 119 Å². The summed E-state index contributed by atoms with van der Waals surface area (Å²) in [6, 6.07) is 6.01. The number of nitrogens with zero attached hydrogens (tertiary/aromatic N) is 2. The number of fused-ring (bicyclic) bond motifs is 1. The van der Waals surface area contributed by atoms with Gasteiger partial charge in [0.15, 0.2) is 0 Å². The average molecular weight is 281 g/mol. The van der Waals surface area contributed by atoms with Crippen molar-refractivity contribution in [2.24, 2.45) is 11.8 Å². The van der Waals surface area contributed by atoms with Crippen LogP contribution in [0.1, 0.15) is 12.5 Å². The van der Waals surface area contributed by atoms with Gasteiger partial charge in [-0.1, -0.05) is 17.7 Å². The second-order valence-electron chi connectivity index (χ2n) is 6.09. The van der Waals surface area contributed by atoms with Crippen LogP contribution in [0.5, 0.6) is 5.75 Å².